The van der Waals surface area contributed by atoms with Crippen molar-refractivity contribution in [1.82, 2.24) is 0 Å². The molecular weight excluding hydrogens is 314 g/mol. The standard InChI is InChI=1S/C13H14F2N4O2S/c1-12(9-4-13(9,5-16)22-11(17)18-12)7-2-6(19(20)21)3-8(14)10(7)15/h2-3,9H,4-5,16H2,1H3,(H2,17,18)/t9?,12-,13-/m1/s1. The second-order valence-electron chi connectivity index (χ2n) is 5.77. The summed E-state index contributed by atoms with van der Waals surface area (Å²) in [6, 6.07) is 1.60. The zero-order valence-electron chi connectivity index (χ0n) is 11.7. The molecule has 0 amide bonds. The lowest BCUT2D eigenvalue weighted by atomic mass is 9.85. The van der Waals surface area contributed by atoms with Crippen LogP contribution in [0.1, 0.15) is 18.9 Å². The summed E-state index contributed by atoms with van der Waals surface area (Å²) in [6.07, 6.45) is 0.651. The highest BCUT2D eigenvalue weighted by Crippen LogP contribution is 2.65. The fourth-order valence-electron chi connectivity index (χ4n) is 3.21. The van der Waals surface area contributed by atoms with Gasteiger partial charge in [-0.2, -0.15) is 0 Å². The van der Waals surface area contributed by atoms with Crippen molar-refractivity contribution in [3.63, 3.8) is 0 Å². The van der Waals surface area contributed by atoms with Crippen molar-refractivity contribution >= 4 is 22.6 Å². The van der Waals surface area contributed by atoms with E-state index in [-0.39, 0.29) is 21.4 Å². The largest absolute Gasteiger partial charge is 0.378 e. The first-order chi connectivity index (χ1) is 10.2. The molecule has 6 nitrogen and oxygen atoms in total. The van der Waals surface area contributed by atoms with E-state index in [0.29, 0.717) is 19.0 Å². The van der Waals surface area contributed by atoms with E-state index in [0.717, 1.165) is 6.07 Å². The maximum atomic E-state index is 14.3. The van der Waals surface area contributed by atoms with Gasteiger partial charge in [-0.15, -0.1) is 0 Å². The van der Waals surface area contributed by atoms with Gasteiger partial charge >= 0.3 is 0 Å². The van der Waals surface area contributed by atoms with Crippen molar-refractivity contribution in [2.45, 2.75) is 23.6 Å². The Morgan fingerprint density at radius 1 is 1.55 bits per heavy atom. The number of nitro benzene ring substituents is 1. The van der Waals surface area contributed by atoms with E-state index in [1.54, 1.807) is 6.92 Å². The molecule has 0 saturated heterocycles. The first-order valence-corrected chi connectivity index (χ1v) is 7.43. The molecule has 0 radical (unpaired) electrons. The maximum absolute atomic E-state index is 14.3. The smallest absolute Gasteiger partial charge is 0.272 e. The molecule has 22 heavy (non-hydrogen) atoms. The summed E-state index contributed by atoms with van der Waals surface area (Å²) in [5.74, 6) is -2.54. The number of hydrogen-bond donors (Lipinski definition) is 2. The van der Waals surface area contributed by atoms with Crippen LogP contribution in [0.2, 0.25) is 0 Å². The van der Waals surface area contributed by atoms with Gasteiger partial charge in [0.2, 0.25) is 0 Å². The van der Waals surface area contributed by atoms with E-state index >= 15 is 0 Å². The van der Waals surface area contributed by atoms with Crippen LogP contribution in [-0.4, -0.2) is 21.4 Å². The van der Waals surface area contributed by atoms with E-state index in [4.69, 9.17) is 11.5 Å². The van der Waals surface area contributed by atoms with E-state index in [1.807, 2.05) is 0 Å². The van der Waals surface area contributed by atoms with Crippen LogP contribution in [0, 0.1) is 27.7 Å². The van der Waals surface area contributed by atoms with Crippen molar-refractivity contribution in [2.24, 2.45) is 22.4 Å². The number of aliphatic imine (C=N–C) groups is 1. The highest BCUT2D eigenvalue weighted by Gasteiger charge is 2.66. The fourth-order valence-corrected chi connectivity index (χ4v) is 4.57. The third-order valence-electron chi connectivity index (χ3n) is 4.47. The molecule has 3 atom stereocenters. The molecule has 3 rings (SSSR count). The molecule has 1 aromatic rings. The van der Waals surface area contributed by atoms with Gasteiger partial charge in [0.1, 0.15) is 0 Å². The summed E-state index contributed by atoms with van der Waals surface area (Å²) in [5.41, 5.74) is 9.77. The van der Waals surface area contributed by atoms with Crippen LogP contribution in [0.4, 0.5) is 14.5 Å². The molecule has 4 N–H and O–H groups in total. The fraction of sp³-hybridized carbons (Fsp3) is 0.462. The van der Waals surface area contributed by atoms with E-state index in [2.05, 4.69) is 4.99 Å². The number of halogens is 2. The Bertz CT molecular complexity index is 714. The van der Waals surface area contributed by atoms with Crippen LogP contribution < -0.4 is 11.5 Å². The number of amidine groups is 1. The molecule has 1 aliphatic carbocycles. The van der Waals surface area contributed by atoms with Crippen molar-refractivity contribution < 1.29 is 13.7 Å². The molecule has 9 heteroatoms. The Hall–Kier alpha value is -1.74. The number of rotatable bonds is 3. The second-order valence-corrected chi connectivity index (χ2v) is 7.21. The normalized spacial score (nSPS) is 33.1. The predicted molar refractivity (Wildman–Crippen MR) is 79.5 cm³/mol. The topological polar surface area (TPSA) is 108 Å². The molecule has 1 aromatic carbocycles. The van der Waals surface area contributed by atoms with Crippen LogP contribution >= 0.6 is 11.8 Å². The second kappa shape index (κ2) is 4.63. The molecule has 0 aromatic heterocycles. The number of benzene rings is 1. The number of thioether (sulfide) groups is 1. The molecule has 1 saturated carbocycles. The van der Waals surface area contributed by atoms with Crippen LogP contribution in [-0.2, 0) is 5.54 Å². The lowest BCUT2D eigenvalue weighted by molar-refractivity contribution is -0.385. The van der Waals surface area contributed by atoms with Crippen LogP contribution in [0.3, 0.4) is 0 Å². The van der Waals surface area contributed by atoms with Gasteiger partial charge in [-0.3, -0.25) is 15.1 Å². The van der Waals surface area contributed by atoms with E-state index in [9.17, 15) is 18.9 Å². The Morgan fingerprint density at radius 3 is 2.82 bits per heavy atom. The molecule has 1 unspecified atom stereocenters. The number of nitrogens with zero attached hydrogens (tertiary/aromatic N) is 2. The summed E-state index contributed by atoms with van der Waals surface area (Å²) < 4.78 is 27.7. The van der Waals surface area contributed by atoms with Crippen molar-refractivity contribution in [3.8, 4) is 0 Å². The number of hydrogen-bond acceptors (Lipinski definition) is 6. The quantitative estimate of drug-likeness (QED) is 0.650. The molecule has 0 spiro atoms. The van der Waals surface area contributed by atoms with Crippen LogP contribution in [0.5, 0.6) is 0 Å². The molecule has 1 fully saturated rings. The predicted octanol–water partition coefficient (Wildman–Crippen LogP) is 1.87. The van der Waals surface area contributed by atoms with Gasteiger partial charge in [0.05, 0.1) is 16.5 Å². The van der Waals surface area contributed by atoms with Gasteiger partial charge < -0.3 is 11.5 Å². The number of fused-ring (bicyclic) bond motifs is 1. The van der Waals surface area contributed by atoms with E-state index in [1.165, 1.54) is 11.8 Å². The first-order valence-electron chi connectivity index (χ1n) is 6.62. The van der Waals surface area contributed by atoms with Crippen molar-refractivity contribution in [2.75, 3.05) is 6.54 Å². The van der Waals surface area contributed by atoms with E-state index < -0.39 is 27.8 Å². The molecule has 118 valence electrons. The first kappa shape index (κ1) is 15.2. The Balaban J connectivity index is 2.18. The van der Waals surface area contributed by atoms with Gasteiger partial charge in [-0.1, -0.05) is 11.8 Å². The van der Waals surface area contributed by atoms with Crippen LogP contribution in [0.25, 0.3) is 0 Å². The highest BCUT2D eigenvalue weighted by molar-refractivity contribution is 8.15. The zero-order valence-corrected chi connectivity index (χ0v) is 12.5. The lowest BCUT2D eigenvalue weighted by Crippen LogP contribution is -2.39. The van der Waals surface area contributed by atoms with Gasteiger partial charge in [-0.05, 0) is 13.3 Å². The summed E-state index contributed by atoms with van der Waals surface area (Å²) >= 11 is 1.33. The van der Waals surface area contributed by atoms with Crippen molar-refractivity contribution in [1.29, 1.82) is 0 Å². The number of nitrogens with two attached hydrogens (primary N) is 2. The average molecular weight is 328 g/mol. The zero-order chi connectivity index (χ0) is 16.3. The molecule has 1 aliphatic heterocycles. The molecule has 0 bridgehead atoms. The minimum atomic E-state index is -1.27. The minimum absolute atomic E-state index is 0.141. The Morgan fingerprint density at radius 2 is 2.23 bits per heavy atom. The van der Waals surface area contributed by atoms with Gasteiger partial charge in [0.15, 0.2) is 16.8 Å². The Kier molecular flexibility index (Phi) is 3.19. The average Bonchev–Trinajstić information content (AvgIpc) is 3.17. The molecular formula is C13H14F2N4O2S. The molecule has 1 heterocycles. The summed E-state index contributed by atoms with van der Waals surface area (Å²) in [7, 11) is 0. The number of nitro groups is 1. The summed E-state index contributed by atoms with van der Waals surface area (Å²) in [6.45, 7) is 1.94. The lowest BCUT2D eigenvalue weighted by Gasteiger charge is -2.33. The number of non-ortho nitro benzene ring substituents is 1. The summed E-state index contributed by atoms with van der Waals surface area (Å²) in [5, 5.41) is 11.1. The van der Waals surface area contributed by atoms with Crippen LogP contribution in [0.15, 0.2) is 17.1 Å². The maximum Gasteiger partial charge on any atom is 0.272 e. The molecule has 2 aliphatic rings. The van der Waals surface area contributed by atoms with Gasteiger partial charge in [0, 0.05) is 28.8 Å². The third-order valence-corrected chi connectivity index (χ3v) is 5.79. The Labute approximate surface area is 129 Å². The van der Waals surface area contributed by atoms with Gasteiger partial charge in [-0.25, -0.2) is 8.78 Å². The monoisotopic (exact) mass is 328 g/mol. The highest BCUT2D eigenvalue weighted by atomic mass is 32.2. The summed E-state index contributed by atoms with van der Waals surface area (Å²) in [4.78, 5) is 14.4. The SMILES string of the molecule is C[C@]1(c2cc([N+](=O)[O-])cc(F)c2F)N=C(N)S[C@@]2(CN)CC21. The third kappa shape index (κ3) is 1.99. The van der Waals surface area contributed by atoms with Crippen molar-refractivity contribution in [3.05, 3.63) is 39.4 Å². The van der Waals surface area contributed by atoms with Gasteiger partial charge in [0.25, 0.3) is 5.69 Å². The minimum Gasteiger partial charge on any atom is -0.378 e.